The quantitative estimate of drug-likeness (QED) is 0.699. The Balaban J connectivity index is 2.38. The molecule has 0 amide bonds. The first-order valence-electron chi connectivity index (χ1n) is 6.69. The largest absolute Gasteiger partial charge is 0.396 e. The van der Waals surface area contributed by atoms with Crippen LogP contribution in [0.5, 0.6) is 0 Å². The molecule has 1 unspecified atom stereocenters. The second-order valence-corrected chi connectivity index (χ2v) is 5.50. The zero-order valence-electron chi connectivity index (χ0n) is 11.2. The molecule has 4 nitrogen and oxygen atoms in total. The summed E-state index contributed by atoms with van der Waals surface area (Å²) >= 11 is 0. The molecule has 0 radical (unpaired) electrons. The molecule has 0 spiro atoms. The normalized spacial score (nSPS) is 22.9. The van der Waals surface area contributed by atoms with E-state index < -0.39 is 5.41 Å². The van der Waals surface area contributed by atoms with Gasteiger partial charge in [-0.05, 0) is 25.8 Å². The maximum Gasteiger partial charge on any atom is 0.0702 e. The molecule has 1 saturated heterocycles. The number of aliphatic hydroxyl groups excluding tert-OH is 2. The van der Waals surface area contributed by atoms with Crippen molar-refractivity contribution in [1.29, 1.82) is 0 Å². The van der Waals surface area contributed by atoms with Crippen LogP contribution in [0.25, 0.3) is 0 Å². The number of hydrogen-bond acceptors (Lipinski definition) is 4. The number of piperidine rings is 1. The van der Waals surface area contributed by atoms with Gasteiger partial charge in [-0.2, -0.15) is 0 Å². The third kappa shape index (κ3) is 4.92. The minimum atomic E-state index is -0.396. The van der Waals surface area contributed by atoms with E-state index in [4.69, 9.17) is 4.74 Å². The van der Waals surface area contributed by atoms with E-state index in [2.05, 4.69) is 11.8 Å². The molecule has 1 aliphatic rings. The molecule has 0 bridgehead atoms. The zero-order chi connectivity index (χ0) is 12.7. The predicted octanol–water partition coefficient (Wildman–Crippen LogP) is 0.868. The van der Waals surface area contributed by atoms with Crippen LogP contribution in [0.2, 0.25) is 0 Å². The first-order valence-corrected chi connectivity index (χ1v) is 6.69. The van der Waals surface area contributed by atoms with Gasteiger partial charge in [0.1, 0.15) is 0 Å². The lowest BCUT2D eigenvalue weighted by atomic mass is 9.91. The van der Waals surface area contributed by atoms with Crippen LogP contribution < -0.4 is 0 Å². The molecule has 0 aromatic rings. The van der Waals surface area contributed by atoms with Crippen LogP contribution in [-0.2, 0) is 4.74 Å². The van der Waals surface area contributed by atoms with E-state index in [-0.39, 0.29) is 13.2 Å². The van der Waals surface area contributed by atoms with Crippen LogP contribution in [-0.4, -0.2) is 60.7 Å². The molecule has 1 rings (SSSR count). The highest BCUT2D eigenvalue weighted by atomic mass is 16.5. The van der Waals surface area contributed by atoms with Gasteiger partial charge in [0.15, 0.2) is 0 Å². The van der Waals surface area contributed by atoms with Gasteiger partial charge in [0.25, 0.3) is 0 Å². The fraction of sp³-hybridized carbons (Fsp3) is 1.00. The fourth-order valence-electron chi connectivity index (χ4n) is 2.27. The topological polar surface area (TPSA) is 52.9 Å². The molecule has 1 fully saturated rings. The van der Waals surface area contributed by atoms with Crippen molar-refractivity contribution < 1.29 is 14.9 Å². The number of rotatable bonds is 7. The fourth-order valence-corrected chi connectivity index (χ4v) is 2.27. The van der Waals surface area contributed by atoms with Crippen LogP contribution in [0.15, 0.2) is 0 Å². The van der Waals surface area contributed by atoms with Crippen molar-refractivity contribution in [2.75, 3.05) is 39.5 Å². The smallest absolute Gasteiger partial charge is 0.0702 e. The van der Waals surface area contributed by atoms with Crippen LogP contribution in [0.4, 0.5) is 0 Å². The second kappa shape index (κ2) is 7.31. The Morgan fingerprint density at radius 2 is 2.06 bits per heavy atom. The van der Waals surface area contributed by atoms with Crippen molar-refractivity contribution in [3.05, 3.63) is 0 Å². The Labute approximate surface area is 105 Å². The maximum absolute atomic E-state index is 9.31. The van der Waals surface area contributed by atoms with E-state index in [0.717, 1.165) is 45.5 Å². The van der Waals surface area contributed by atoms with Gasteiger partial charge in [-0.3, -0.25) is 0 Å². The lowest BCUT2D eigenvalue weighted by Crippen LogP contribution is -2.47. The van der Waals surface area contributed by atoms with Crippen LogP contribution in [0.1, 0.15) is 33.1 Å². The van der Waals surface area contributed by atoms with Crippen molar-refractivity contribution in [3.63, 3.8) is 0 Å². The van der Waals surface area contributed by atoms with Crippen LogP contribution >= 0.6 is 0 Å². The summed E-state index contributed by atoms with van der Waals surface area (Å²) in [5.41, 5.74) is -0.396. The molecule has 1 aliphatic heterocycles. The minimum absolute atomic E-state index is 0.0283. The van der Waals surface area contributed by atoms with Crippen molar-refractivity contribution in [2.45, 2.75) is 39.2 Å². The average molecular weight is 245 g/mol. The zero-order valence-corrected chi connectivity index (χ0v) is 11.2. The highest BCUT2D eigenvalue weighted by Crippen LogP contribution is 2.20. The van der Waals surface area contributed by atoms with Gasteiger partial charge >= 0.3 is 0 Å². The summed E-state index contributed by atoms with van der Waals surface area (Å²) in [6.07, 6.45) is 3.65. The predicted molar refractivity (Wildman–Crippen MR) is 68.0 cm³/mol. The van der Waals surface area contributed by atoms with Gasteiger partial charge < -0.3 is 19.8 Å². The van der Waals surface area contributed by atoms with Crippen molar-refractivity contribution in [3.8, 4) is 0 Å². The molecule has 0 aromatic heterocycles. The molecule has 0 saturated carbocycles. The van der Waals surface area contributed by atoms with Gasteiger partial charge in [0.05, 0.1) is 19.3 Å². The first-order chi connectivity index (χ1) is 8.13. The second-order valence-electron chi connectivity index (χ2n) is 5.50. The third-order valence-electron chi connectivity index (χ3n) is 3.39. The maximum atomic E-state index is 9.31. The molecule has 1 heterocycles. The molecule has 0 aliphatic carbocycles. The number of hydrogen-bond donors (Lipinski definition) is 2. The van der Waals surface area contributed by atoms with E-state index in [0.29, 0.717) is 6.10 Å². The Bertz CT molecular complexity index is 207. The molecule has 0 aromatic carbocycles. The van der Waals surface area contributed by atoms with Crippen LogP contribution in [0.3, 0.4) is 0 Å². The Hall–Kier alpha value is -0.160. The summed E-state index contributed by atoms with van der Waals surface area (Å²) in [6, 6.07) is 0. The van der Waals surface area contributed by atoms with Crippen molar-refractivity contribution in [2.24, 2.45) is 5.41 Å². The summed E-state index contributed by atoms with van der Waals surface area (Å²) in [7, 11) is 0. The SMILES string of the molecule is CCCOC1CCCN(CC(C)(CO)CO)C1. The average Bonchev–Trinajstić information content (AvgIpc) is 2.36. The van der Waals surface area contributed by atoms with E-state index in [1.54, 1.807) is 0 Å². The monoisotopic (exact) mass is 245 g/mol. The summed E-state index contributed by atoms with van der Waals surface area (Å²) in [5, 5.41) is 18.6. The van der Waals surface area contributed by atoms with E-state index in [9.17, 15) is 10.2 Å². The van der Waals surface area contributed by atoms with E-state index >= 15 is 0 Å². The van der Waals surface area contributed by atoms with Gasteiger partial charge in [0.2, 0.25) is 0 Å². The minimum Gasteiger partial charge on any atom is -0.396 e. The van der Waals surface area contributed by atoms with Gasteiger partial charge in [0, 0.05) is 25.1 Å². The van der Waals surface area contributed by atoms with Crippen molar-refractivity contribution >= 4 is 0 Å². The molecule has 102 valence electrons. The number of aliphatic hydroxyl groups is 2. The number of ether oxygens (including phenoxy) is 1. The number of likely N-dealkylation sites (tertiary alicyclic amines) is 1. The Kier molecular flexibility index (Phi) is 6.41. The summed E-state index contributed by atoms with van der Waals surface area (Å²) in [6.45, 7) is 7.64. The molecule has 17 heavy (non-hydrogen) atoms. The van der Waals surface area contributed by atoms with Crippen molar-refractivity contribution in [1.82, 2.24) is 4.90 Å². The van der Waals surface area contributed by atoms with Gasteiger partial charge in [-0.25, -0.2) is 0 Å². The summed E-state index contributed by atoms with van der Waals surface area (Å²) in [4.78, 5) is 2.30. The van der Waals surface area contributed by atoms with Crippen LogP contribution in [0, 0.1) is 5.41 Å². The molecular formula is C13H27NO3. The highest BCUT2D eigenvalue weighted by molar-refractivity contribution is 4.81. The van der Waals surface area contributed by atoms with Gasteiger partial charge in [-0.1, -0.05) is 13.8 Å². The summed E-state index contributed by atoms with van der Waals surface area (Å²) < 4.78 is 5.78. The molecule has 4 heteroatoms. The lowest BCUT2D eigenvalue weighted by Gasteiger charge is -2.37. The number of nitrogens with zero attached hydrogens (tertiary/aromatic N) is 1. The Morgan fingerprint density at radius 3 is 2.65 bits per heavy atom. The first kappa shape index (κ1) is 14.9. The third-order valence-corrected chi connectivity index (χ3v) is 3.39. The standard InChI is InChI=1S/C13H27NO3/c1-3-7-17-12-5-4-6-14(8-12)9-13(2,10-15)11-16/h12,15-16H,3-11H2,1-2H3. The molecule has 1 atom stereocenters. The van der Waals surface area contributed by atoms with Gasteiger partial charge in [-0.15, -0.1) is 0 Å². The van der Waals surface area contributed by atoms with E-state index in [1.165, 1.54) is 0 Å². The Morgan fingerprint density at radius 1 is 1.35 bits per heavy atom. The molecule has 2 N–H and O–H groups in total. The summed E-state index contributed by atoms with van der Waals surface area (Å²) in [5.74, 6) is 0. The van der Waals surface area contributed by atoms with E-state index in [1.807, 2.05) is 6.92 Å². The molecular weight excluding hydrogens is 218 g/mol. The lowest BCUT2D eigenvalue weighted by molar-refractivity contribution is -0.0265. The highest BCUT2D eigenvalue weighted by Gasteiger charge is 2.29.